The third kappa shape index (κ3) is 4.04. The number of halogens is 1. The van der Waals surface area contributed by atoms with Gasteiger partial charge in [0.25, 0.3) is 0 Å². The lowest BCUT2D eigenvalue weighted by Crippen LogP contribution is -2.36. The van der Waals surface area contributed by atoms with Crippen LogP contribution in [0, 0.1) is 17.7 Å². The first-order valence-corrected chi connectivity index (χ1v) is 6.95. The van der Waals surface area contributed by atoms with Gasteiger partial charge in [0.2, 0.25) is 0 Å². The van der Waals surface area contributed by atoms with E-state index in [0.717, 1.165) is 31.5 Å². The summed E-state index contributed by atoms with van der Waals surface area (Å²) in [6.45, 7) is 2.84. The van der Waals surface area contributed by atoms with E-state index in [1.165, 1.54) is 6.07 Å². The Hall–Kier alpha value is -1.41. The van der Waals surface area contributed by atoms with E-state index in [4.69, 9.17) is 10.5 Å². The minimum absolute atomic E-state index is 0.192. The first-order chi connectivity index (χ1) is 9.72. The molecule has 1 aliphatic rings. The largest absolute Gasteiger partial charge is 0.381 e. The molecule has 0 bridgehead atoms. The fourth-order valence-corrected chi connectivity index (χ4v) is 2.45. The second-order valence-electron chi connectivity index (χ2n) is 5.02. The number of rotatable bonds is 3. The molecule has 2 rings (SSSR count). The summed E-state index contributed by atoms with van der Waals surface area (Å²) in [5, 5.41) is 0. The quantitative estimate of drug-likeness (QED) is 0.855. The van der Waals surface area contributed by atoms with Crippen LogP contribution in [0.2, 0.25) is 0 Å². The smallest absolute Gasteiger partial charge is 0.128 e. The highest BCUT2D eigenvalue weighted by molar-refractivity contribution is 5.37. The lowest BCUT2D eigenvalue weighted by molar-refractivity contribution is 0.0386. The Balaban J connectivity index is 1.96. The Morgan fingerprint density at radius 3 is 2.75 bits per heavy atom. The van der Waals surface area contributed by atoms with Crippen molar-refractivity contribution in [1.82, 2.24) is 4.90 Å². The van der Waals surface area contributed by atoms with E-state index >= 15 is 0 Å². The fraction of sp³-hybridized carbons (Fsp3) is 0.500. The molecule has 0 saturated carbocycles. The van der Waals surface area contributed by atoms with E-state index in [1.807, 2.05) is 12.1 Å². The van der Waals surface area contributed by atoms with Crippen LogP contribution in [0.15, 0.2) is 18.2 Å². The highest BCUT2D eigenvalue weighted by atomic mass is 19.1. The van der Waals surface area contributed by atoms with Crippen molar-refractivity contribution in [2.75, 3.05) is 26.7 Å². The number of nitrogens with two attached hydrogens (primary N) is 1. The molecule has 1 aliphatic heterocycles. The summed E-state index contributed by atoms with van der Waals surface area (Å²) >= 11 is 0. The van der Waals surface area contributed by atoms with Crippen LogP contribution in [-0.2, 0) is 11.3 Å². The van der Waals surface area contributed by atoms with Crippen LogP contribution < -0.4 is 5.73 Å². The topological polar surface area (TPSA) is 38.5 Å². The standard InChI is InChI=1S/C16H21FN2O/c1-20-15-6-9-19(10-7-15)12-14-5-4-13(3-2-8-18)11-16(14)17/h4-5,11,15H,6-10,12,18H2,1H3. The van der Waals surface area contributed by atoms with Crippen molar-refractivity contribution in [3.05, 3.63) is 35.1 Å². The van der Waals surface area contributed by atoms with Crippen molar-refractivity contribution in [2.24, 2.45) is 5.73 Å². The molecule has 108 valence electrons. The lowest BCUT2D eigenvalue weighted by Gasteiger charge is -2.31. The average molecular weight is 276 g/mol. The van der Waals surface area contributed by atoms with E-state index in [2.05, 4.69) is 16.7 Å². The summed E-state index contributed by atoms with van der Waals surface area (Å²) in [6, 6.07) is 5.15. The maximum Gasteiger partial charge on any atom is 0.128 e. The second-order valence-corrected chi connectivity index (χ2v) is 5.02. The fourth-order valence-electron chi connectivity index (χ4n) is 2.45. The molecule has 0 radical (unpaired) electrons. The van der Waals surface area contributed by atoms with E-state index < -0.39 is 0 Å². The molecule has 0 amide bonds. The summed E-state index contributed by atoms with van der Waals surface area (Å²) < 4.78 is 19.4. The minimum atomic E-state index is -0.192. The first kappa shape index (κ1) is 15.0. The summed E-state index contributed by atoms with van der Waals surface area (Å²) in [5.74, 6) is 5.38. The van der Waals surface area contributed by atoms with Crippen LogP contribution in [0.1, 0.15) is 24.0 Å². The van der Waals surface area contributed by atoms with Crippen LogP contribution in [0.5, 0.6) is 0 Å². The minimum Gasteiger partial charge on any atom is -0.381 e. The average Bonchev–Trinajstić information content (AvgIpc) is 2.48. The molecule has 3 nitrogen and oxygen atoms in total. The number of hydrogen-bond acceptors (Lipinski definition) is 3. The van der Waals surface area contributed by atoms with Gasteiger partial charge in [0.15, 0.2) is 0 Å². The summed E-state index contributed by atoms with van der Waals surface area (Å²) in [7, 11) is 1.75. The second kappa shape index (κ2) is 7.39. The van der Waals surface area contributed by atoms with Gasteiger partial charge in [-0.1, -0.05) is 17.9 Å². The van der Waals surface area contributed by atoms with Gasteiger partial charge in [-0.15, -0.1) is 0 Å². The van der Waals surface area contributed by atoms with Crippen molar-refractivity contribution >= 4 is 0 Å². The molecule has 0 atom stereocenters. The van der Waals surface area contributed by atoms with Crippen molar-refractivity contribution in [3.63, 3.8) is 0 Å². The Labute approximate surface area is 119 Å². The molecule has 0 unspecified atom stereocenters. The number of methoxy groups -OCH3 is 1. The summed E-state index contributed by atoms with van der Waals surface area (Å²) in [6.07, 6.45) is 2.38. The third-order valence-electron chi connectivity index (χ3n) is 3.65. The molecule has 1 saturated heterocycles. The molecule has 0 aliphatic carbocycles. The van der Waals surface area contributed by atoms with Crippen molar-refractivity contribution < 1.29 is 9.13 Å². The van der Waals surface area contributed by atoms with Gasteiger partial charge < -0.3 is 10.5 Å². The number of ether oxygens (including phenoxy) is 1. The van der Waals surface area contributed by atoms with Gasteiger partial charge in [-0.2, -0.15) is 0 Å². The number of benzene rings is 1. The molecule has 1 aromatic carbocycles. The van der Waals surface area contributed by atoms with Gasteiger partial charge in [-0.05, 0) is 25.0 Å². The monoisotopic (exact) mass is 276 g/mol. The van der Waals surface area contributed by atoms with Gasteiger partial charge in [-0.3, -0.25) is 4.90 Å². The maximum atomic E-state index is 14.0. The van der Waals surface area contributed by atoms with Crippen LogP contribution in [-0.4, -0.2) is 37.7 Å². The van der Waals surface area contributed by atoms with E-state index in [1.54, 1.807) is 7.11 Å². The number of piperidine rings is 1. The zero-order chi connectivity index (χ0) is 14.4. The first-order valence-electron chi connectivity index (χ1n) is 6.95. The molecular weight excluding hydrogens is 255 g/mol. The molecule has 1 heterocycles. The third-order valence-corrected chi connectivity index (χ3v) is 3.65. The van der Waals surface area contributed by atoms with Crippen molar-refractivity contribution in [2.45, 2.75) is 25.5 Å². The van der Waals surface area contributed by atoms with Crippen molar-refractivity contribution in [3.8, 4) is 11.8 Å². The predicted octanol–water partition coefficient (Wildman–Crippen LogP) is 1.75. The van der Waals surface area contributed by atoms with Crippen LogP contribution in [0.4, 0.5) is 4.39 Å². The maximum absolute atomic E-state index is 14.0. The van der Waals surface area contributed by atoms with Gasteiger partial charge in [0, 0.05) is 37.9 Å². The summed E-state index contributed by atoms with van der Waals surface area (Å²) in [5.41, 5.74) is 6.70. The van der Waals surface area contributed by atoms with E-state index in [-0.39, 0.29) is 12.4 Å². The molecule has 20 heavy (non-hydrogen) atoms. The van der Waals surface area contributed by atoms with Crippen LogP contribution >= 0.6 is 0 Å². The number of nitrogens with zero attached hydrogens (tertiary/aromatic N) is 1. The van der Waals surface area contributed by atoms with E-state index in [0.29, 0.717) is 18.2 Å². The molecule has 1 aromatic rings. The van der Waals surface area contributed by atoms with E-state index in [9.17, 15) is 4.39 Å². The van der Waals surface area contributed by atoms with Crippen LogP contribution in [0.3, 0.4) is 0 Å². The molecule has 2 N–H and O–H groups in total. The Bertz CT molecular complexity index is 499. The molecule has 1 fully saturated rings. The van der Waals surface area contributed by atoms with Gasteiger partial charge in [0.05, 0.1) is 12.6 Å². The van der Waals surface area contributed by atoms with Gasteiger partial charge >= 0.3 is 0 Å². The summed E-state index contributed by atoms with van der Waals surface area (Å²) in [4.78, 5) is 2.26. The Kier molecular flexibility index (Phi) is 5.54. The lowest BCUT2D eigenvalue weighted by atomic mass is 10.1. The molecule has 0 spiro atoms. The Morgan fingerprint density at radius 2 is 2.15 bits per heavy atom. The zero-order valence-electron chi connectivity index (χ0n) is 11.9. The SMILES string of the molecule is COC1CCN(Cc2ccc(C#CCN)cc2F)CC1. The van der Waals surface area contributed by atoms with Crippen LogP contribution in [0.25, 0.3) is 0 Å². The van der Waals surface area contributed by atoms with Gasteiger partial charge in [-0.25, -0.2) is 4.39 Å². The molecule has 0 aromatic heterocycles. The highest BCUT2D eigenvalue weighted by Crippen LogP contribution is 2.18. The number of hydrogen-bond donors (Lipinski definition) is 1. The van der Waals surface area contributed by atoms with Crippen molar-refractivity contribution in [1.29, 1.82) is 0 Å². The Morgan fingerprint density at radius 1 is 1.40 bits per heavy atom. The normalized spacial score (nSPS) is 16.8. The molecule has 4 heteroatoms. The molecular formula is C16H21FN2O. The predicted molar refractivity (Wildman–Crippen MR) is 77.6 cm³/mol. The number of likely N-dealkylation sites (tertiary alicyclic amines) is 1. The zero-order valence-corrected chi connectivity index (χ0v) is 11.9. The highest BCUT2D eigenvalue weighted by Gasteiger charge is 2.19. The van der Waals surface area contributed by atoms with Gasteiger partial charge in [0.1, 0.15) is 5.82 Å².